The molecule has 1 atom stereocenters. The lowest BCUT2D eigenvalue weighted by atomic mass is 10.1. The average Bonchev–Trinajstić information content (AvgIpc) is 2.38. The van der Waals surface area contributed by atoms with E-state index >= 15 is 0 Å². The summed E-state index contributed by atoms with van der Waals surface area (Å²) in [6.45, 7) is 7.48. The van der Waals surface area contributed by atoms with Gasteiger partial charge in [-0.2, -0.15) is 0 Å². The van der Waals surface area contributed by atoms with Crippen molar-refractivity contribution in [3.63, 3.8) is 0 Å². The van der Waals surface area contributed by atoms with Crippen molar-refractivity contribution < 1.29 is 14.6 Å². The monoisotopic (exact) mass is 265 g/mol. The number of hydrogen-bond acceptors (Lipinski definition) is 3. The van der Waals surface area contributed by atoms with Gasteiger partial charge in [-0.3, -0.25) is 4.90 Å². The molecule has 0 spiro atoms. The molecule has 0 aliphatic carbocycles. The molecule has 106 valence electrons. The zero-order valence-corrected chi connectivity index (χ0v) is 11.9. The molecule has 0 heterocycles. The topological polar surface area (TPSA) is 49.8 Å². The van der Waals surface area contributed by atoms with E-state index in [1.807, 2.05) is 37.3 Å². The molecule has 0 fully saturated rings. The highest BCUT2D eigenvalue weighted by Gasteiger charge is 2.22. The minimum atomic E-state index is -0.902. The molecule has 0 aliphatic heterocycles. The molecule has 0 radical (unpaired) electrons. The summed E-state index contributed by atoms with van der Waals surface area (Å²) >= 11 is 0. The second-order valence-corrected chi connectivity index (χ2v) is 4.79. The van der Waals surface area contributed by atoms with Crippen LogP contribution in [0, 0.1) is 0 Å². The summed E-state index contributed by atoms with van der Waals surface area (Å²) in [7, 11) is 0. The lowest BCUT2D eigenvalue weighted by Crippen LogP contribution is -2.41. The second-order valence-electron chi connectivity index (χ2n) is 4.79. The summed E-state index contributed by atoms with van der Waals surface area (Å²) in [5, 5.41) is 9.15. The van der Waals surface area contributed by atoms with E-state index in [0.717, 1.165) is 6.54 Å². The maximum absolute atomic E-state index is 11.1. The Morgan fingerprint density at radius 2 is 1.95 bits per heavy atom. The van der Waals surface area contributed by atoms with E-state index in [2.05, 4.69) is 18.7 Å². The number of hydrogen-bond donors (Lipinski definition) is 1. The molecule has 0 bridgehead atoms. The first-order chi connectivity index (χ1) is 9.04. The fraction of sp³-hybridized carbons (Fsp3) is 0.533. The van der Waals surface area contributed by atoms with Crippen LogP contribution < -0.4 is 0 Å². The van der Waals surface area contributed by atoms with Crippen LogP contribution in [-0.2, 0) is 16.1 Å². The summed E-state index contributed by atoms with van der Waals surface area (Å²) < 4.78 is 5.28. The minimum Gasteiger partial charge on any atom is -0.479 e. The molecular weight excluding hydrogens is 242 g/mol. The van der Waals surface area contributed by atoms with Crippen LogP contribution in [0.5, 0.6) is 0 Å². The average molecular weight is 265 g/mol. The normalized spacial score (nSPS) is 12.9. The van der Waals surface area contributed by atoms with E-state index in [9.17, 15) is 4.79 Å². The Bertz CT molecular complexity index is 378. The fourth-order valence-corrected chi connectivity index (χ4v) is 1.89. The predicted octanol–water partition coefficient (Wildman–Crippen LogP) is 2.39. The predicted molar refractivity (Wildman–Crippen MR) is 75.0 cm³/mol. The Balaban J connectivity index is 2.69. The molecule has 1 N–H and O–H groups in total. The van der Waals surface area contributed by atoms with Gasteiger partial charge in [0.15, 0.2) is 6.10 Å². The molecular formula is C15H23NO3. The highest BCUT2D eigenvalue weighted by molar-refractivity contribution is 5.72. The zero-order chi connectivity index (χ0) is 14.3. The first-order valence-corrected chi connectivity index (χ1v) is 6.67. The van der Waals surface area contributed by atoms with Crippen LogP contribution in [0.25, 0.3) is 0 Å². The molecule has 1 rings (SSSR count). The number of ether oxygens (including phenoxy) is 1. The first kappa shape index (κ1) is 15.7. The highest BCUT2D eigenvalue weighted by atomic mass is 16.5. The van der Waals surface area contributed by atoms with Gasteiger partial charge in [0.25, 0.3) is 0 Å². The van der Waals surface area contributed by atoms with Gasteiger partial charge in [0.2, 0.25) is 0 Å². The number of carboxylic acids is 1. The molecule has 1 unspecified atom stereocenters. The molecule has 4 heteroatoms. The summed E-state index contributed by atoms with van der Waals surface area (Å²) in [6, 6.07) is 10.3. The Morgan fingerprint density at radius 1 is 1.32 bits per heavy atom. The second kappa shape index (κ2) is 7.92. The Labute approximate surface area is 115 Å². The molecule has 1 aromatic carbocycles. The van der Waals surface area contributed by atoms with Gasteiger partial charge in [-0.05, 0) is 26.3 Å². The Morgan fingerprint density at radius 3 is 2.42 bits per heavy atom. The van der Waals surface area contributed by atoms with Crippen molar-refractivity contribution in [3.8, 4) is 0 Å². The smallest absolute Gasteiger partial charge is 0.334 e. The lowest BCUT2D eigenvalue weighted by molar-refractivity contribution is -0.151. The Hall–Kier alpha value is -1.39. The van der Waals surface area contributed by atoms with Gasteiger partial charge < -0.3 is 9.84 Å². The molecule has 0 saturated heterocycles. The van der Waals surface area contributed by atoms with Crippen molar-refractivity contribution in [2.45, 2.75) is 39.5 Å². The van der Waals surface area contributed by atoms with Crippen molar-refractivity contribution in [2.75, 3.05) is 13.2 Å². The van der Waals surface area contributed by atoms with Gasteiger partial charge in [-0.15, -0.1) is 0 Å². The number of carbonyl (C=O) groups is 1. The van der Waals surface area contributed by atoms with Crippen molar-refractivity contribution in [2.24, 2.45) is 0 Å². The van der Waals surface area contributed by atoms with Gasteiger partial charge in [0.1, 0.15) is 0 Å². The van der Waals surface area contributed by atoms with Crippen LogP contribution >= 0.6 is 0 Å². The first-order valence-electron chi connectivity index (χ1n) is 6.67. The maximum atomic E-state index is 11.1. The standard InChI is InChI=1S/C15H23NO3/c1-4-19-14(15(17)18)11-16(12(2)3)10-13-8-6-5-7-9-13/h5-9,12,14H,4,10-11H2,1-3H3,(H,17,18). The molecule has 0 aromatic heterocycles. The minimum absolute atomic E-state index is 0.266. The van der Waals surface area contributed by atoms with Crippen molar-refractivity contribution >= 4 is 5.97 Å². The van der Waals surface area contributed by atoms with Gasteiger partial charge in [0, 0.05) is 25.7 Å². The van der Waals surface area contributed by atoms with E-state index in [4.69, 9.17) is 9.84 Å². The number of aliphatic carboxylic acids is 1. The summed E-state index contributed by atoms with van der Waals surface area (Å²) in [5.74, 6) is -0.902. The highest BCUT2D eigenvalue weighted by Crippen LogP contribution is 2.10. The third kappa shape index (κ3) is 5.41. The lowest BCUT2D eigenvalue weighted by Gasteiger charge is -2.29. The van der Waals surface area contributed by atoms with Crippen LogP contribution in [0.3, 0.4) is 0 Å². The van der Waals surface area contributed by atoms with Crippen LogP contribution in [-0.4, -0.2) is 41.3 Å². The summed E-state index contributed by atoms with van der Waals surface area (Å²) in [4.78, 5) is 13.3. The largest absolute Gasteiger partial charge is 0.479 e. The Kier molecular flexibility index (Phi) is 6.53. The number of benzene rings is 1. The molecule has 4 nitrogen and oxygen atoms in total. The summed E-state index contributed by atoms with van der Waals surface area (Å²) in [5.41, 5.74) is 1.18. The molecule has 0 aliphatic rings. The maximum Gasteiger partial charge on any atom is 0.334 e. The van der Waals surface area contributed by atoms with Crippen molar-refractivity contribution in [3.05, 3.63) is 35.9 Å². The SMILES string of the molecule is CCOC(CN(Cc1ccccc1)C(C)C)C(=O)O. The molecule has 19 heavy (non-hydrogen) atoms. The molecule has 0 saturated carbocycles. The van der Waals surface area contributed by atoms with Gasteiger partial charge in [-0.1, -0.05) is 30.3 Å². The number of nitrogens with zero attached hydrogens (tertiary/aromatic N) is 1. The van der Waals surface area contributed by atoms with Gasteiger partial charge >= 0.3 is 5.97 Å². The van der Waals surface area contributed by atoms with Crippen molar-refractivity contribution in [1.82, 2.24) is 4.90 Å². The third-order valence-electron chi connectivity index (χ3n) is 3.00. The summed E-state index contributed by atoms with van der Waals surface area (Å²) in [6.07, 6.45) is -0.767. The molecule has 0 amide bonds. The third-order valence-corrected chi connectivity index (χ3v) is 3.00. The fourth-order valence-electron chi connectivity index (χ4n) is 1.89. The van der Waals surface area contributed by atoms with Crippen molar-refractivity contribution in [1.29, 1.82) is 0 Å². The van der Waals surface area contributed by atoms with E-state index in [0.29, 0.717) is 13.2 Å². The number of rotatable bonds is 8. The van der Waals surface area contributed by atoms with E-state index in [1.54, 1.807) is 0 Å². The van der Waals surface area contributed by atoms with Gasteiger partial charge in [0.05, 0.1) is 0 Å². The zero-order valence-electron chi connectivity index (χ0n) is 11.9. The van der Waals surface area contributed by atoms with E-state index in [-0.39, 0.29) is 6.04 Å². The van der Waals surface area contributed by atoms with Gasteiger partial charge in [-0.25, -0.2) is 4.79 Å². The van der Waals surface area contributed by atoms with Crippen LogP contribution in [0.4, 0.5) is 0 Å². The van der Waals surface area contributed by atoms with E-state index in [1.165, 1.54) is 5.56 Å². The van der Waals surface area contributed by atoms with Crippen LogP contribution in [0.1, 0.15) is 26.3 Å². The van der Waals surface area contributed by atoms with Crippen LogP contribution in [0.15, 0.2) is 30.3 Å². The van der Waals surface area contributed by atoms with Crippen LogP contribution in [0.2, 0.25) is 0 Å². The quantitative estimate of drug-likeness (QED) is 0.784. The van der Waals surface area contributed by atoms with E-state index < -0.39 is 12.1 Å². The molecule has 1 aromatic rings. The number of carboxylic acid groups (broad SMARTS) is 1.